The van der Waals surface area contributed by atoms with Gasteiger partial charge in [0.1, 0.15) is 0 Å². The number of hydrogen-bond acceptors (Lipinski definition) is 2. The lowest BCUT2D eigenvalue weighted by molar-refractivity contribution is -0.119. The van der Waals surface area contributed by atoms with E-state index in [9.17, 15) is 4.79 Å². The van der Waals surface area contributed by atoms with Crippen molar-refractivity contribution in [2.75, 3.05) is 5.75 Å². The third-order valence-corrected chi connectivity index (χ3v) is 2.46. The Labute approximate surface area is 90.1 Å². The van der Waals surface area contributed by atoms with Crippen LogP contribution in [0.2, 0.25) is 0 Å². The maximum Gasteiger partial charge on any atom is 0.230 e. The van der Waals surface area contributed by atoms with Gasteiger partial charge in [-0.3, -0.25) is 4.79 Å². The second kappa shape index (κ2) is 5.05. The Kier molecular flexibility index (Phi) is 4.01. The number of benzene rings is 1. The molecule has 1 amide bonds. The lowest BCUT2D eigenvalue weighted by Gasteiger charge is -2.15. The average Bonchev–Trinajstić information content (AvgIpc) is 2.18. The number of thiol groups is 1. The Hall–Kier alpha value is -0.960. The van der Waals surface area contributed by atoms with E-state index < -0.39 is 0 Å². The summed E-state index contributed by atoms with van der Waals surface area (Å²) in [5.74, 6) is 0.194. The molecule has 2 nitrogen and oxygen atoms in total. The van der Waals surface area contributed by atoms with Gasteiger partial charge in [-0.25, -0.2) is 0 Å². The summed E-state index contributed by atoms with van der Waals surface area (Å²) in [5.41, 5.74) is 2.35. The molecule has 0 aliphatic carbocycles. The van der Waals surface area contributed by atoms with Crippen LogP contribution in [-0.4, -0.2) is 11.7 Å². The number of hydrogen-bond donors (Lipinski definition) is 2. The molecule has 0 saturated heterocycles. The molecule has 14 heavy (non-hydrogen) atoms. The van der Waals surface area contributed by atoms with E-state index >= 15 is 0 Å². The van der Waals surface area contributed by atoms with Crippen LogP contribution in [0.5, 0.6) is 0 Å². The highest BCUT2D eigenvalue weighted by atomic mass is 32.1. The van der Waals surface area contributed by atoms with Crippen molar-refractivity contribution in [2.45, 2.75) is 19.9 Å². The topological polar surface area (TPSA) is 29.1 Å². The minimum Gasteiger partial charge on any atom is -0.349 e. The van der Waals surface area contributed by atoms with Crippen LogP contribution in [0.25, 0.3) is 0 Å². The van der Waals surface area contributed by atoms with Crippen molar-refractivity contribution in [3.8, 4) is 0 Å². The lowest BCUT2D eigenvalue weighted by Crippen LogP contribution is -2.27. The molecule has 0 aliphatic rings. The van der Waals surface area contributed by atoms with Crippen LogP contribution in [0.4, 0.5) is 0 Å². The first kappa shape index (κ1) is 11.1. The quantitative estimate of drug-likeness (QED) is 0.733. The summed E-state index contributed by atoms with van der Waals surface area (Å²) in [4.78, 5) is 11.1. The van der Waals surface area contributed by atoms with Crippen LogP contribution in [0.15, 0.2) is 24.3 Å². The molecule has 0 bridgehead atoms. The predicted molar refractivity (Wildman–Crippen MR) is 61.6 cm³/mol. The Morgan fingerprint density at radius 2 is 2.14 bits per heavy atom. The van der Waals surface area contributed by atoms with E-state index in [1.54, 1.807) is 0 Å². The van der Waals surface area contributed by atoms with Gasteiger partial charge >= 0.3 is 0 Å². The van der Waals surface area contributed by atoms with Crippen LogP contribution in [-0.2, 0) is 4.79 Å². The second-order valence-corrected chi connectivity index (χ2v) is 3.62. The molecule has 0 heterocycles. The summed E-state index contributed by atoms with van der Waals surface area (Å²) >= 11 is 3.92. The minimum atomic E-state index is -0.0379. The zero-order valence-electron chi connectivity index (χ0n) is 8.45. The van der Waals surface area contributed by atoms with Gasteiger partial charge in [0.15, 0.2) is 0 Å². The summed E-state index contributed by atoms with van der Waals surface area (Å²) in [6.45, 7) is 4.02. The van der Waals surface area contributed by atoms with Crippen LogP contribution in [0.1, 0.15) is 24.1 Å². The van der Waals surface area contributed by atoms with Gasteiger partial charge in [-0.2, -0.15) is 12.6 Å². The normalized spacial score (nSPS) is 12.2. The van der Waals surface area contributed by atoms with Crippen LogP contribution < -0.4 is 5.32 Å². The summed E-state index contributed by atoms with van der Waals surface area (Å²) in [6, 6.07) is 8.09. The smallest absolute Gasteiger partial charge is 0.230 e. The Morgan fingerprint density at radius 3 is 2.71 bits per heavy atom. The molecule has 1 aromatic carbocycles. The Balaban J connectivity index is 2.74. The standard InChI is InChI=1S/C11H15NOS/c1-8-5-3-4-6-10(8)9(2)12-11(13)7-14/h3-6,9,14H,7H2,1-2H3,(H,12,13). The zero-order valence-corrected chi connectivity index (χ0v) is 9.34. The third kappa shape index (κ3) is 2.77. The maximum atomic E-state index is 11.1. The van der Waals surface area contributed by atoms with E-state index in [1.807, 2.05) is 38.1 Å². The molecule has 1 N–H and O–H groups in total. The average molecular weight is 209 g/mol. The maximum absolute atomic E-state index is 11.1. The molecule has 0 spiro atoms. The first-order valence-electron chi connectivity index (χ1n) is 4.61. The molecule has 76 valence electrons. The summed E-state index contributed by atoms with van der Waals surface area (Å²) in [6.07, 6.45) is 0. The molecule has 0 aromatic heterocycles. The van der Waals surface area contributed by atoms with Gasteiger partial charge in [0, 0.05) is 0 Å². The van der Waals surface area contributed by atoms with E-state index in [1.165, 1.54) is 5.56 Å². The summed E-state index contributed by atoms with van der Waals surface area (Å²) in [7, 11) is 0. The van der Waals surface area contributed by atoms with Gasteiger partial charge in [-0.05, 0) is 25.0 Å². The lowest BCUT2D eigenvalue weighted by atomic mass is 10.0. The molecule has 0 radical (unpaired) electrons. The monoisotopic (exact) mass is 209 g/mol. The fourth-order valence-corrected chi connectivity index (χ4v) is 1.53. The number of carbonyl (C=O) groups excluding carboxylic acids is 1. The van der Waals surface area contributed by atoms with Crippen molar-refractivity contribution in [1.82, 2.24) is 5.32 Å². The van der Waals surface area contributed by atoms with Crippen LogP contribution >= 0.6 is 12.6 Å². The molecule has 0 saturated carbocycles. The van der Waals surface area contributed by atoms with Gasteiger partial charge in [-0.1, -0.05) is 24.3 Å². The fourth-order valence-electron chi connectivity index (χ4n) is 1.44. The van der Waals surface area contributed by atoms with Crippen molar-refractivity contribution < 1.29 is 4.79 Å². The van der Waals surface area contributed by atoms with Crippen molar-refractivity contribution in [2.24, 2.45) is 0 Å². The Bertz CT molecular complexity index is 325. The molecule has 1 rings (SSSR count). The molecule has 0 fully saturated rings. The van der Waals surface area contributed by atoms with Gasteiger partial charge in [0.25, 0.3) is 0 Å². The van der Waals surface area contributed by atoms with E-state index in [4.69, 9.17) is 0 Å². The second-order valence-electron chi connectivity index (χ2n) is 3.30. The third-order valence-electron chi connectivity index (χ3n) is 2.18. The van der Waals surface area contributed by atoms with E-state index in [2.05, 4.69) is 17.9 Å². The first-order valence-corrected chi connectivity index (χ1v) is 5.24. The Morgan fingerprint density at radius 1 is 1.50 bits per heavy atom. The van der Waals surface area contributed by atoms with E-state index in [-0.39, 0.29) is 17.7 Å². The number of rotatable bonds is 3. The van der Waals surface area contributed by atoms with Crippen molar-refractivity contribution in [1.29, 1.82) is 0 Å². The number of aryl methyl sites for hydroxylation is 1. The molecule has 1 unspecified atom stereocenters. The highest BCUT2D eigenvalue weighted by molar-refractivity contribution is 7.81. The van der Waals surface area contributed by atoms with Crippen LogP contribution in [0.3, 0.4) is 0 Å². The molecule has 0 aliphatic heterocycles. The first-order chi connectivity index (χ1) is 6.65. The number of carbonyl (C=O) groups is 1. The molecule has 1 atom stereocenters. The van der Waals surface area contributed by atoms with E-state index in [0.717, 1.165) is 5.56 Å². The fraction of sp³-hybridized carbons (Fsp3) is 0.364. The van der Waals surface area contributed by atoms with Crippen molar-refractivity contribution >= 4 is 18.5 Å². The van der Waals surface area contributed by atoms with Crippen molar-refractivity contribution in [3.05, 3.63) is 35.4 Å². The van der Waals surface area contributed by atoms with Crippen molar-refractivity contribution in [3.63, 3.8) is 0 Å². The van der Waals surface area contributed by atoms with E-state index in [0.29, 0.717) is 0 Å². The predicted octanol–water partition coefficient (Wildman–Crippen LogP) is 2.10. The zero-order chi connectivity index (χ0) is 10.6. The molecular formula is C11H15NOS. The molecule has 1 aromatic rings. The van der Waals surface area contributed by atoms with Gasteiger partial charge in [0.05, 0.1) is 11.8 Å². The van der Waals surface area contributed by atoms with Gasteiger partial charge < -0.3 is 5.32 Å². The molecular weight excluding hydrogens is 194 g/mol. The van der Waals surface area contributed by atoms with Crippen LogP contribution in [0, 0.1) is 6.92 Å². The summed E-state index contributed by atoms with van der Waals surface area (Å²) in [5, 5.41) is 2.87. The molecule has 3 heteroatoms. The highest BCUT2D eigenvalue weighted by Crippen LogP contribution is 2.16. The number of nitrogens with one attached hydrogen (secondary N) is 1. The number of amides is 1. The minimum absolute atomic E-state index is 0.0379. The largest absolute Gasteiger partial charge is 0.349 e. The summed E-state index contributed by atoms with van der Waals surface area (Å²) < 4.78 is 0. The SMILES string of the molecule is Cc1ccccc1C(C)NC(=O)CS. The highest BCUT2D eigenvalue weighted by Gasteiger charge is 2.09. The van der Waals surface area contributed by atoms with Gasteiger partial charge in [0.2, 0.25) is 5.91 Å². The van der Waals surface area contributed by atoms with Gasteiger partial charge in [-0.15, -0.1) is 0 Å².